The number of hydrogen-bond donors (Lipinski definition) is 3. The van der Waals surface area contributed by atoms with E-state index >= 15 is 0 Å². The first-order chi connectivity index (χ1) is 14.8. The lowest BCUT2D eigenvalue weighted by atomic mass is 10.1. The molecule has 0 spiro atoms. The van der Waals surface area contributed by atoms with E-state index in [1.807, 2.05) is 30.1 Å². The van der Waals surface area contributed by atoms with Crippen molar-refractivity contribution < 1.29 is 9.84 Å². The van der Waals surface area contributed by atoms with Crippen LogP contribution in [0.5, 0.6) is 0 Å². The van der Waals surface area contributed by atoms with Gasteiger partial charge in [0.25, 0.3) is 0 Å². The second kappa shape index (κ2) is 9.94. The Labute approximate surface area is 190 Å². The number of likely N-dealkylation sites (N-methyl/N-ethyl adjacent to an activating group) is 1. The van der Waals surface area contributed by atoms with Crippen LogP contribution < -0.4 is 16.0 Å². The first-order valence-corrected chi connectivity index (χ1v) is 10.6. The van der Waals surface area contributed by atoms with Crippen molar-refractivity contribution in [1.29, 1.82) is 0 Å². The highest BCUT2D eigenvalue weighted by Gasteiger charge is 2.23. The highest BCUT2D eigenvalue weighted by molar-refractivity contribution is 7.09. The maximum atomic E-state index is 10.6. The average Bonchev–Trinajstić information content (AvgIpc) is 3.29. The van der Waals surface area contributed by atoms with E-state index in [4.69, 9.17) is 22.1 Å². The first-order valence-electron chi connectivity index (χ1n) is 9.35. The largest absolute Gasteiger partial charge is 0.383 e. The fourth-order valence-corrected chi connectivity index (χ4v) is 3.49. The van der Waals surface area contributed by atoms with Gasteiger partial charge in [0, 0.05) is 37.8 Å². The first kappa shape index (κ1) is 22.8. The number of aliphatic hydroxyl groups is 1. The molecule has 0 amide bonds. The Bertz CT molecular complexity index is 1090. The molecule has 162 valence electrons. The van der Waals surface area contributed by atoms with Crippen LogP contribution in [-0.4, -0.2) is 47.4 Å². The van der Waals surface area contributed by atoms with Gasteiger partial charge in [0.15, 0.2) is 11.4 Å². The molecule has 1 atom stereocenters. The summed E-state index contributed by atoms with van der Waals surface area (Å²) in [6, 6.07) is 5.67. The molecule has 31 heavy (non-hydrogen) atoms. The van der Waals surface area contributed by atoms with Crippen LogP contribution in [0.3, 0.4) is 0 Å². The molecule has 0 saturated carbocycles. The second-order valence-corrected chi connectivity index (χ2v) is 8.16. The van der Waals surface area contributed by atoms with Crippen molar-refractivity contribution in [3.63, 3.8) is 0 Å². The average molecular weight is 459 g/mol. The monoisotopic (exact) mass is 458 g/mol. The summed E-state index contributed by atoms with van der Waals surface area (Å²) in [5.41, 5.74) is 6.68. The molecule has 8 nitrogen and oxygen atoms in total. The third-order valence-electron chi connectivity index (χ3n) is 4.35. The van der Waals surface area contributed by atoms with E-state index in [9.17, 15) is 5.11 Å². The van der Waals surface area contributed by atoms with Gasteiger partial charge in [-0.25, -0.2) is 9.97 Å². The van der Waals surface area contributed by atoms with Crippen LogP contribution in [-0.2, 0) is 10.3 Å². The summed E-state index contributed by atoms with van der Waals surface area (Å²) < 4.78 is 5.19. The fraction of sp³-hybridized carbons (Fsp3) is 0.286. The smallest absolute Gasteiger partial charge is 0.222 e. The predicted molar refractivity (Wildman–Crippen MR) is 125 cm³/mol. The van der Waals surface area contributed by atoms with Crippen LogP contribution in [0.15, 0.2) is 36.0 Å². The number of hydrogen-bond acceptors (Lipinski definition) is 9. The van der Waals surface area contributed by atoms with E-state index in [0.29, 0.717) is 34.6 Å². The van der Waals surface area contributed by atoms with Gasteiger partial charge in [-0.3, -0.25) is 0 Å². The molecule has 0 bridgehead atoms. The fourth-order valence-electron chi connectivity index (χ4n) is 2.70. The van der Waals surface area contributed by atoms with E-state index in [2.05, 4.69) is 32.1 Å². The Kier molecular flexibility index (Phi) is 7.30. The van der Waals surface area contributed by atoms with Gasteiger partial charge in [0.05, 0.1) is 24.2 Å². The predicted octanol–water partition coefficient (Wildman–Crippen LogP) is 3.25. The lowest BCUT2D eigenvalue weighted by Gasteiger charge is -2.23. The van der Waals surface area contributed by atoms with Gasteiger partial charge in [0.2, 0.25) is 5.95 Å². The Morgan fingerprint density at radius 3 is 2.90 bits per heavy atom. The molecular weight excluding hydrogens is 436 g/mol. The number of benzene rings is 1. The van der Waals surface area contributed by atoms with E-state index in [-0.39, 0.29) is 5.95 Å². The number of methoxy groups -OCH3 is 1. The maximum Gasteiger partial charge on any atom is 0.222 e. The molecule has 0 aliphatic rings. The molecule has 0 unspecified atom stereocenters. The highest BCUT2D eigenvalue weighted by Crippen LogP contribution is 2.31. The molecule has 0 radical (unpaired) electrons. The Hall–Kier alpha value is -2.90. The van der Waals surface area contributed by atoms with Crippen LogP contribution in [0.2, 0.25) is 5.02 Å². The number of halogens is 1. The minimum atomic E-state index is -1.35. The van der Waals surface area contributed by atoms with Gasteiger partial charge in [-0.1, -0.05) is 23.4 Å². The number of nitrogen functional groups attached to an aromatic ring is 1. The third kappa shape index (κ3) is 5.83. The third-order valence-corrected chi connectivity index (χ3v) is 5.61. The number of anilines is 4. The molecular formula is C21H23ClN6O2S. The molecule has 0 saturated heterocycles. The number of nitrogens with zero attached hydrogens (tertiary/aromatic N) is 4. The quantitative estimate of drug-likeness (QED) is 0.463. The van der Waals surface area contributed by atoms with Gasteiger partial charge in [-0.05, 0) is 25.1 Å². The standard InChI is InChI=1S/C21H23ClN6O2S/c1-21(29,19-24-8-11-31-19)7-6-14-4-5-17(28(2)9-10-30-3)16(12-14)26-18-15(22)13-25-20(23)27-18/h4-5,8,11-13,29H,9-10H2,1-3H3,(H3,23,25,26,27)/t21-/m1/s1. The molecule has 3 aromatic rings. The summed E-state index contributed by atoms with van der Waals surface area (Å²) in [5.74, 6) is 6.41. The van der Waals surface area contributed by atoms with E-state index in [1.54, 1.807) is 25.6 Å². The number of rotatable bonds is 7. The summed E-state index contributed by atoms with van der Waals surface area (Å²) in [6.07, 6.45) is 3.08. The maximum absolute atomic E-state index is 10.6. The van der Waals surface area contributed by atoms with Gasteiger partial charge in [-0.2, -0.15) is 4.98 Å². The van der Waals surface area contributed by atoms with Crippen molar-refractivity contribution >= 4 is 46.1 Å². The lowest BCUT2D eigenvalue weighted by molar-refractivity contribution is 0.122. The normalized spacial score (nSPS) is 12.5. The summed E-state index contributed by atoms with van der Waals surface area (Å²) in [6.45, 7) is 2.86. The molecule has 0 aliphatic heterocycles. The minimum Gasteiger partial charge on any atom is -0.383 e. The van der Waals surface area contributed by atoms with Crippen LogP contribution in [0.1, 0.15) is 17.5 Å². The number of nitrogens with two attached hydrogens (primary N) is 1. The second-order valence-electron chi connectivity index (χ2n) is 6.86. The highest BCUT2D eigenvalue weighted by atomic mass is 35.5. The number of aromatic nitrogens is 3. The Balaban J connectivity index is 1.97. The molecule has 0 fully saturated rings. The van der Waals surface area contributed by atoms with Crippen molar-refractivity contribution in [2.45, 2.75) is 12.5 Å². The molecule has 4 N–H and O–H groups in total. The summed E-state index contributed by atoms with van der Waals surface area (Å²) in [7, 11) is 3.61. The lowest BCUT2D eigenvalue weighted by Crippen LogP contribution is -2.23. The van der Waals surface area contributed by atoms with E-state index in [0.717, 1.165) is 11.4 Å². The van der Waals surface area contributed by atoms with Crippen molar-refractivity contribution in [2.75, 3.05) is 43.3 Å². The van der Waals surface area contributed by atoms with Crippen molar-refractivity contribution in [3.8, 4) is 11.8 Å². The SMILES string of the molecule is COCCN(C)c1ccc(C#C[C@@](C)(O)c2nccs2)cc1Nc1nc(N)ncc1Cl. The molecule has 0 aliphatic carbocycles. The van der Waals surface area contributed by atoms with E-state index in [1.165, 1.54) is 17.5 Å². The van der Waals surface area contributed by atoms with Gasteiger partial charge in [0.1, 0.15) is 10.0 Å². The van der Waals surface area contributed by atoms with Crippen LogP contribution in [0.4, 0.5) is 23.1 Å². The number of nitrogens with one attached hydrogen (secondary N) is 1. The van der Waals surface area contributed by atoms with E-state index < -0.39 is 5.60 Å². The zero-order chi connectivity index (χ0) is 22.4. The van der Waals surface area contributed by atoms with Crippen LogP contribution in [0, 0.1) is 11.8 Å². The zero-order valence-electron chi connectivity index (χ0n) is 17.4. The van der Waals surface area contributed by atoms with Crippen LogP contribution >= 0.6 is 22.9 Å². The zero-order valence-corrected chi connectivity index (χ0v) is 19.0. The summed E-state index contributed by atoms with van der Waals surface area (Å²) in [4.78, 5) is 14.3. The molecule has 2 aromatic heterocycles. The number of ether oxygens (including phenoxy) is 1. The molecule has 3 rings (SSSR count). The van der Waals surface area contributed by atoms with Crippen molar-refractivity contribution in [1.82, 2.24) is 15.0 Å². The molecule has 1 aromatic carbocycles. The van der Waals surface area contributed by atoms with Crippen molar-refractivity contribution in [3.05, 3.63) is 51.6 Å². The number of thiazole rings is 1. The summed E-state index contributed by atoms with van der Waals surface area (Å²) >= 11 is 7.59. The Morgan fingerprint density at radius 2 is 2.19 bits per heavy atom. The minimum absolute atomic E-state index is 0.108. The van der Waals surface area contributed by atoms with Crippen LogP contribution in [0.25, 0.3) is 0 Å². The van der Waals surface area contributed by atoms with Crippen molar-refractivity contribution in [2.24, 2.45) is 0 Å². The molecule has 10 heteroatoms. The van der Waals surface area contributed by atoms with Gasteiger partial charge in [-0.15, -0.1) is 11.3 Å². The molecule has 2 heterocycles. The summed E-state index contributed by atoms with van der Waals surface area (Å²) in [5, 5.41) is 16.5. The topological polar surface area (TPSA) is 109 Å². The van der Waals surface area contributed by atoms with Gasteiger partial charge < -0.3 is 25.8 Å². The van der Waals surface area contributed by atoms with Gasteiger partial charge >= 0.3 is 0 Å². The Morgan fingerprint density at radius 1 is 1.39 bits per heavy atom.